The molecule has 0 bridgehead atoms. The Morgan fingerprint density at radius 3 is 2.71 bits per heavy atom. The van der Waals surface area contributed by atoms with Gasteiger partial charge in [-0.3, -0.25) is 9.69 Å². The predicted molar refractivity (Wildman–Crippen MR) is 48.7 cm³/mol. The van der Waals surface area contributed by atoms with Crippen molar-refractivity contribution in [1.29, 1.82) is 0 Å². The third-order valence-electron chi connectivity index (χ3n) is 2.83. The minimum Gasteiger partial charge on any atom is -0.382 e. The van der Waals surface area contributed by atoms with Crippen LogP contribution in [0.15, 0.2) is 0 Å². The summed E-state index contributed by atoms with van der Waals surface area (Å²) in [5, 5.41) is 2.62. The molecular weight excluding hydrogens is 184 g/mol. The van der Waals surface area contributed by atoms with Crippen molar-refractivity contribution in [2.75, 3.05) is 13.7 Å². The average molecular weight is 198 g/mol. The van der Waals surface area contributed by atoms with E-state index in [4.69, 9.17) is 4.74 Å². The molecule has 0 spiro atoms. The Bertz CT molecular complexity index is 263. The van der Waals surface area contributed by atoms with Crippen LogP contribution in [-0.2, 0) is 9.53 Å². The lowest BCUT2D eigenvalue weighted by atomic mass is 9.91. The van der Waals surface area contributed by atoms with Gasteiger partial charge in [0.2, 0.25) is 0 Å². The first-order valence-corrected chi connectivity index (χ1v) is 4.86. The zero-order valence-corrected chi connectivity index (χ0v) is 8.16. The fourth-order valence-corrected chi connectivity index (χ4v) is 1.82. The van der Waals surface area contributed by atoms with Crippen LogP contribution in [0.1, 0.15) is 19.3 Å². The van der Waals surface area contributed by atoms with E-state index in [2.05, 4.69) is 5.32 Å². The second-order valence-corrected chi connectivity index (χ2v) is 3.75. The van der Waals surface area contributed by atoms with Crippen LogP contribution in [0.3, 0.4) is 0 Å². The van der Waals surface area contributed by atoms with Gasteiger partial charge < -0.3 is 10.1 Å². The van der Waals surface area contributed by atoms with Crippen LogP contribution in [0, 0.1) is 0 Å². The van der Waals surface area contributed by atoms with Crippen LogP contribution in [0.5, 0.6) is 0 Å². The molecule has 1 saturated carbocycles. The fourth-order valence-electron chi connectivity index (χ4n) is 1.82. The highest BCUT2D eigenvalue weighted by Gasteiger charge is 2.43. The zero-order valence-electron chi connectivity index (χ0n) is 8.16. The molecule has 0 aromatic carbocycles. The van der Waals surface area contributed by atoms with Crippen molar-refractivity contribution < 1.29 is 14.3 Å². The quantitative estimate of drug-likeness (QED) is 0.654. The molecule has 1 heterocycles. The Balaban J connectivity index is 2.03. The molecule has 1 N–H and O–H groups in total. The van der Waals surface area contributed by atoms with E-state index in [1.807, 2.05) is 0 Å². The highest BCUT2D eigenvalue weighted by molar-refractivity contribution is 6.04. The summed E-state index contributed by atoms with van der Waals surface area (Å²) in [5.74, 6) is -0.137. The molecule has 0 radical (unpaired) electrons. The number of nitrogens with zero attached hydrogens (tertiary/aromatic N) is 1. The van der Waals surface area contributed by atoms with Crippen LogP contribution < -0.4 is 5.32 Å². The monoisotopic (exact) mass is 198 g/mol. The maximum Gasteiger partial charge on any atom is 0.325 e. The van der Waals surface area contributed by atoms with Gasteiger partial charge in [-0.25, -0.2) is 4.79 Å². The smallest absolute Gasteiger partial charge is 0.325 e. The molecular formula is C9H14N2O3. The third kappa shape index (κ3) is 1.37. The molecule has 0 aromatic rings. The number of imide groups is 1. The molecule has 1 aliphatic heterocycles. The Morgan fingerprint density at radius 1 is 1.50 bits per heavy atom. The number of nitrogens with one attached hydrogen (secondary N) is 1. The summed E-state index contributed by atoms with van der Waals surface area (Å²) < 4.78 is 4.86. The number of carbonyl (C=O) groups excluding carboxylic acids is 2. The lowest BCUT2D eigenvalue weighted by Crippen LogP contribution is -2.44. The summed E-state index contributed by atoms with van der Waals surface area (Å²) in [4.78, 5) is 24.5. The Labute approximate surface area is 82.4 Å². The van der Waals surface area contributed by atoms with Crippen LogP contribution in [0.4, 0.5) is 4.79 Å². The number of ether oxygens (including phenoxy) is 1. The molecule has 0 aromatic heterocycles. The second kappa shape index (κ2) is 3.57. The van der Waals surface area contributed by atoms with Crippen molar-refractivity contribution in [1.82, 2.24) is 10.2 Å². The Kier molecular flexibility index (Phi) is 2.41. The van der Waals surface area contributed by atoms with Gasteiger partial charge in [-0.2, -0.15) is 0 Å². The van der Waals surface area contributed by atoms with E-state index in [1.54, 1.807) is 0 Å². The van der Waals surface area contributed by atoms with Gasteiger partial charge in [-0.05, 0) is 19.3 Å². The summed E-state index contributed by atoms with van der Waals surface area (Å²) in [6.07, 6.45) is 2.99. The maximum absolute atomic E-state index is 11.7. The standard InChI is InChI=1S/C9H14N2O3/c1-14-5-7-8(12)11(9(13)10-7)6-3-2-4-6/h6-7H,2-5H2,1H3,(H,10,13). The first-order chi connectivity index (χ1) is 6.74. The normalized spacial score (nSPS) is 27.8. The van der Waals surface area contributed by atoms with Crippen molar-refractivity contribution in [3.63, 3.8) is 0 Å². The largest absolute Gasteiger partial charge is 0.382 e. The van der Waals surface area contributed by atoms with Crippen molar-refractivity contribution >= 4 is 11.9 Å². The van der Waals surface area contributed by atoms with E-state index in [-0.39, 0.29) is 24.6 Å². The minimum absolute atomic E-state index is 0.129. The van der Waals surface area contributed by atoms with Crippen molar-refractivity contribution in [2.24, 2.45) is 0 Å². The van der Waals surface area contributed by atoms with Crippen LogP contribution in [0.2, 0.25) is 0 Å². The van der Waals surface area contributed by atoms with E-state index >= 15 is 0 Å². The first kappa shape index (κ1) is 9.45. The summed E-state index contributed by atoms with van der Waals surface area (Å²) in [6, 6.07) is -0.612. The van der Waals surface area contributed by atoms with Crippen molar-refractivity contribution in [2.45, 2.75) is 31.3 Å². The molecule has 5 nitrogen and oxygen atoms in total. The van der Waals surface area contributed by atoms with Gasteiger partial charge in [-0.15, -0.1) is 0 Å². The van der Waals surface area contributed by atoms with E-state index in [0.717, 1.165) is 19.3 Å². The van der Waals surface area contributed by atoms with Crippen molar-refractivity contribution in [3.8, 4) is 0 Å². The van der Waals surface area contributed by atoms with Gasteiger partial charge >= 0.3 is 6.03 Å². The van der Waals surface area contributed by atoms with Crippen LogP contribution >= 0.6 is 0 Å². The van der Waals surface area contributed by atoms with Gasteiger partial charge in [0.15, 0.2) is 0 Å². The van der Waals surface area contributed by atoms with Gasteiger partial charge in [0, 0.05) is 13.2 Å². The summed E-state index contributed by atoms with van der Waals surface area (Å²) in [7, 11) is 1.52. The molecule has 5 heteroatoms. The van der Waals surface area contributed by atoms with Gasteiger partial charge in [-0.1, -0.05) is 0 Å². The topological polar surface area (TPSA) is 58.6 Å². The minimum atomic E-state index is -0.479. The number of hydrogen-bond donors (Lipinski definition) is 1. The van der Waals surface area contributed by atoms with E-state index in [0.29, 0.717) is 0 Å². The molecule has 1 saturated heterocycles. The highest BCUT2D eigenvalue weighted by atomic mass is 16.5. The molecule has 14 heavy (non-hydrogen) atoms. The second-order valence-electron chi connectivity index (χ2n) is 3.75. The van der Waals surface area contributed by atoms with Gasteiger partial charge in [0.1, 0.15) is 6.04 Å². The molecule has 2 fully saturated rings. The van der Waals surface area contributed by atoms with Crippen LogP contribution in [-0.4, -0.2) is 42.6 Å². The number of methoxy groups -OCH3 is 1. The van der Waals surface area contributed by atoms with Crippen LogP contribution in [0.25, 0.3) is 0 Å². The van der Waals surface area contributed by atoms with Gasteiger partial charge in [0.05, 0.1) is 6.61 Å². The summed E-state index contributed by atoms with van der Waals surface area (Å²) in [6.45, 7) is 0.258. The number of urea groups is 1. The number of carbonyl (C=O) groups is 2. The zero-order chi connectivity index (χ0) is 10.1. The first-order valence-electron chi connectivity index (χ1n) is 4.86. The molecule has 1 aliphatic carbocycles. The SMILES string of the molecule is COCC1NC(=O)N(C2CCC2)C1=O. The maximum atomic E-state index is 11.7. The third-order valence-corrected chi connectivity index (χ3v) is 2.83. The lowest BCUT2D eigenvalue weighted by molar-refractivity contribution is -0.131. The molecule has 2 rings (SSSR count). The summed E-state index contributed by atoms with van der Waals surface area (Å²) >= 11 is 0. The average Bonchev–Trinajstić information content (AvgIpc) is 2.31. The Morgan fingerprint density at radius 2 is 2.21 bits per heavy atom. The van der Waals surface area contributed by atoms with Gasteiger partial charge in [0.25, 0.3) is 5.91 Å². The number of amides is 3. The lowest BCUT2D eigenvalue weighted by Gasteiger charge is -2.32. The van der Waals surface area contributed by atoms with E-state index < -0.39 is 6.04 Å². The van der Waals surface area contributed by atoms with Crippen molar-refractivity contribution in [3.05, 3.63) is 0 Å². The number of hydrogen-bond acceptors (Lipinski definition) is 3. The fraction of sp³-hybridized carbons (Fsp3) is 0.778. The molecule has 1 unspecified atom stereocenters. The van der Waals surface area contributed by atoms with E-state index in [1.165, 1.54) is 12.0 Å². The molecule has 78 valence electrons. The molecule has 1 atom stereocenters. The highest BCUT2D eigenvalue weighted by Crippen LogP contribution is 2.27. The Hall–Kier alpha value is -1.10. The molecule has 2 aliphatic rings. The number of rotatable bonds is 3. The van der Waals surface area contributed by atoms with E-state index in [9.17, 15) is 9.59 Å². The predicted octanol–water partition coefficient (Wildman–Crippen LogP) is 0.106. The summed E-state index contributed by atoms with van der Waals surface area (Å²) in [5.41, 5.74) is 0. The molecule has 3 amide bonds.